The number of thiazole rings is 1. The maximum Gasteiger partial charge on any atom is 0.224 e. The van der Waals surface area contributed by atoms with E-state index in [0.717, 1.165) is 13.0 Å². The van der Waals surface area contributed by atoms with Crippen LogP contribution in [0.2, 0.25) is 0 Å². The minimum Gasteiger partial charge on any atom is -0.193 e. The third-order valence-electron chi connectivity index (χ3n) is 1.45. The average molecular weight is 154 g/mol. The van der Waals surface area contributed by atoms with Gasteiger partial charge in [0.25, 0.3) is 0 Å². The van der Waals surface area contributed by atoms with Crippen molar-refractivity contribution in [2.24, 2.45) is 0 Å². The molecule has 0 saturated heterocycles. The predicted octanol–water partition coefficient (Wildman–Crippen LogP) is 1.92. The van der Waals surface area contributed by atoms with E-state index in [1.165, 1.54) is 5.69 Å². The van der Waals surface area contributed by atoms with E-state index in [9.17, 15) is 0 Å². The number of hydrogen-bond acceptors (Lipinski definition) is 1. The zero-order valence-corrected chi connectivity index (χ0v) is 7.03. The van der Waals surface area contributed by atoms with Gasteiger partial charge in [0.05, 0.1) is 5.38 Å². The van der Waals surface area contributed by atoms with Crippen LogP contribution in [0, 0.1) is 6.92 Å². The zero-order valence-electron chi connectivity index (χ0n) is 6.21. The second-order valence-electron chi connectivity index (χ2n) is 2.27. The average Bonchev–Trinajstić information content (AvgIpc) is 2.31. The minimum absolute atomic E-state index is 1.06. The topological polar surface area (TPSA) is 3.88 Å². The summed E-state index contributed by atoms with van der Waals surface area (Å²) in [7, 11) is 0. The largest absolute Gasteiger partial charge is 0.224 e. The molecule has 1 heterocycles. The van der Waals surface area contributed by atoms with Crippen molar-refractivity contribution in [2.75, 3.05) is 0 Å². The standard InChI is InChI=1S/C8H12NS/c1-3-4-5-9-7-10-6-8(9)2/h3,6-7H,1,4-5H2,2H3/q+1. The Balaban J connectivity index is 2.56. The summed E-state index contributed by atoms with van der Waals surface area (Å²) in [5.41, 5.74) is 3.48. The fourth-order valence-electron chi connectivity index (χ4n) is 0.813. The van der Waals surface area contributed by atoms with Gasteiger partial charge in [0.15, 0.2) is 12.2 Å². The van der Waals surface area contributed by atoms with Crippen molar-refractivity contribution in [1.82, 2.24) is 0 Å². The molecule has 0 aliphatic carbocycles. The fourth-order valence-corrected chi connectivity index (χ4v) is 1.62. The first kappa shape index (κ1) is 7.48. The van der Waals surface area contributed by atoms with Crippen LogP contribution in [-0.4, -0.2) is 0 Å². The SMILES string of the molecule is C=CCC[n+]1cscc1C. The second kappa shape index (κ2) is 3.52. The van der Waals surface area contributed by atoms with E-state index in [-0.39, 0.29) is 0 Å². The van der Waals surface area contributed by atoms with Gasteiger partial charge in [-0.15, -0.1) is 6.58 Å². The van der Waals surface area contributed by atoms with Crippen LogP contribution < -0.4 is 4.57 Å². The molecule has 0 aliphatic heterocycles. The van der Waals surface area contributed by atoms with E-state index in [0.29, 0.717) is 0 Å². The first-order chi connectivity index (χ1) is 4.84. The highest BCUT2D eigenvalue weighted by Crippen LogP contribution is 1.96. The van der Waals surface area contributed by atoms with Crippen molar-refractivity contribution in [2.45, 2.75) is 19.9 Å². The van der Waals surface area contributed by atoms with Crippen molar-refractivity contribution in [1.29, 1.82) is 0 Å². The zero-order chi connectivity index (χ0) is 7.40. The van der Waals surface area contributed by atoms with Crippen LogP contribution in [0.25, 0.3) is 0 Å². The maximum atomic E-state index is 3.68. The predicted molar refractivity (Wildman–Crippen MR) is 44.1 cm³/mol. The van der Waals surface area contributed by atoms with Crippen LogP contribution in [0.1, 0.15) is 12.1 Å². The summed E-state index contributed by atoms with van der Waals surface area (Å²) in [5, 5.41) is 2.16. The van der Waals surface area contributed by atoms with E-state index >= 15 is 0 Å². The minimum atomic E-state index is 1.06. The first-order valence-electron chi connectivity index (χ1n) is 3.37. The summed E-state index contributed by atoms with van der Waals surface area (Å²) in [6, 6.07) is 0. The highest BCUT2D eigenvalue weighted by atomic mass is 32.1. The van der Waals surface area contributed by atoms with Crippen LogP contribution >= 0.6 is 11.3 Å². The molecule has 0 aliphatic rings. The molecule has 0 atom stereocenters. The van der Waals surface area contributed by atoms with Crippen molar-refractivity contribution in [3.8, 4) is 0 Å². The molecule has 0 amide bonds. The number of rotatable bonds is 3. The molecule has 54 valence electrons. The lowest BCUT2D eigenvalue weighted by atomic mass is 10.4. The van der Waals surface area contributed by atoms with Gasteiger partial charge in [0.1, 0.15) is 0 Å². The van der Waals surface area contributed by atoms with E-state index in [2.05, 4.69) is 29.0 Å². The highest BCUT2D eigenvalue weighted by molar-refractivity contribution is 7.07. The third-order valence-corrected chi connectivity index (χ3v) is 2.31. The van der Waals surface area contributed by atoms with Gasteiger partial charge < -0.3 is 0 Å². The van der Waals surface area contributed by atoms with Gasteiger partial charge in [-0.05, 0) is 0 Å². The molecule has 1 nitrogen and oxygen atoms in total. The second-order valence-corrected chi connectivity index (χ2v) is 2.99. The Bertz CT molecular complexity index is 215. The van der Waals surface area contributed by atoms with Gasteiger partial charge in [-0.2, -0.15) is 4.57 Å². The Kier molecular flexibility index (Phi) is 2.63. The maximum absolute atomic E-state index is 3.68. The summed E-state index contributed by atoms with van der Waals surface area (Å²) in [6.07, 6.45) is 3.01. The Hall–Kier alpha value is -0.630. The first-order valence-corrected chi connectivity index (χ1v) is 4.32. The lowest BCUT2D eigenvalue weighted by Gasteiger charge is -1.88. The Morgan fingerprint density at radius 1 is 1.80 bits per heavy atom. The van der Waals surface area contributed by atoms with Crippen LogP contribution in [0.15, 0.2) is 23.5 Å². The third kappa shape index (κ3) is 1.67. The molecule has 0 spiro atoms. The summed E-state index contributed by atoms with van der Waals surface area (Å²) in [5.74, 6) is 0. The molecule has 0 radical (unpaired) electrons. The van der Waals surface area contributed by atoms with E-state index in [4.69, 9.17) is 0 Å². The molecule has 0 aromatic carbocycles. The molecule has 1 rings (SSSR count). The van der Waals surface area contributed by atoms with Crippen molar-refractivity contribution >= 4 is 11.3 Å². The molecule has 10 heavy (non-hydrogen) atoms. The molecular weight excluding hydrogens is 142 g/mol. The number of aromatic nitrogens is 1. The van der Waals surface area contributed by atoms with Crippen LogP contribution in [-0.2, 0) is 6.54 Å². The van der Waals surface area contributed by atoms with E-state index < -0.39 is 0 Å². The van der Waals surface area contributed by atoms with Crippen LogP contribution in [0.5, 0.6) is 0 Å². The number of hydrogen-bond donors (Lipinski definition) is 0. The van der Waals surface area contributed by atoms with Crippen molar-refractivity contribution < 1.29 is 4.57 Å². The summed E-state index contributed by atoms with van der Waals surface area (Å²) in [4.78, 5) is 0. The highest BCUT2D eigenvalue weighted by Gasteiger charge is 2.03. The number of allylic oxidation sites excluding steroid dienone is 1. The van der Waals surface area contributed by atoms with E-state index in [1.807, 2.05) is 6.08 Å². The molecule has 0 saturated carbocycles. The number of nitrogens with zero attached hydrogens (tertiary/aromatic N) is 1. The summed E-state index contributed by atoms with van der Waals surface area (Å²) >= 11 is 1.75. The lowest BCUT2D eigenvalue weighted by Crippen LogP contribution is -2.33. The quantitative estimate of drug-likeness (QED) is 0.462. The molecule has 0 N–H and O–H groups in total. The summed E-state index contributed by atoms with van der Waals surface area (Å²) < 4.78 is 2.24. The number of aryl methyl sites for hydroxylation is 2. The van der Waals surface area contributed by atoms with Gasteiger partial charge in [-0.25, -0.2) is 0 Å². The normalized spacial score (nSPS) is 9.70. The van der Waals surface area contributed by atoms with Crippen LogP contribution in [0.3, 0.4) is 0 Å². The Labute approximate surface area is 65.6 Å². The molecular formula is C8H12NS+. The van der Waals surface area contributed by atoms with Gasteiger partial charge in [0.2, 0.25) is 5.51 Å². The molecule has 0 unspecified atom stereocenters. The molecule has 0 bridgehead atoms. The molecule has 2 heteroatoms. The molecule has 0 fully saturated rings. The summed E-state index contributed by atoms with van der Waals surface area (Å²) in [6.45, 7) is 6.87. The van der Waals surface area contributed by atoms with Crippen molar-refractivity contribution in [3.05, 3.63) is 29.2 Å². The van der Waals surface area contributed by atoms with Gasteiger partial charge >= 0.3 is 0 Å². The van der Waals surface area contributed by atoms with Crippen molar-refractivity contribution in [3.63, 3.8) is 0 Å². The molecule has 1 aromatic heterocycles. The van der Waals surface area contributed by atoms with Gasteiger partial charge in [-0.3, -0.25) is 0 Å². The smallest absolute Gasteiger partial charge is 0.193 e. The Morgan fingerprint density at radius 2 is 2.60 bits per heavy atom. The lowest BCUT2D eigenvalue weighted by molar-refractivity contribution is -0.697. The van der Waals surface area contributed by atoms with E-state index in [1.54, 1.807) is 11.3 Å². The Morgan fingerprint density at radius 3 is 3.10 bits per heavy atom. The molecule has 1 aromatic rings. The van der Waals surface area contributed by atoms with Crippen LogP contribution in [0.4, 0.5) is 0 Å². The fraction of sp³-hybridized carbons (Fsp3) is 0.375. The van der Waals surface area contributed by atoms with Gasteiger partial charge in [0, 0.05) is 13.3 Å². The monoisotopic (exact) mass is 154 g/mol. The van der Waals surface area contributed by atoms with Gasteiger partial charge in [-0.1, -0.05) is 17.4 Å².